The maximum atomic E-state index is 11.7. The molecule has 7 nitrogen and oxygen atoms in total. The summed E-state index contributed by atoms with van der Waals surface area (Å²) in [6, 6.07) is 14.8. The van der Waals surface area contributed by atoms with E-state index in [1.165, 1.54) is 24.3 Å². The number of nitro benzene ring substituents is 1. The van der Waals surface area contributed by atoms with E-state index in [1.54, 1.807) is 6.92 Å². The summed E-state index contributed by atoms with van der Waals surface area (Å²) >= 11 is 0. The Hall–Kier alpha value is -3.61. The van der Waals surface area contributed by atoms with Crippen LogP contribution in [0.4, 0.5) is 5.69 Å². The van der Waals surface area contributed by atoms with Crippen LogP contribution in [0, 0.1) is 17.0 Å². The topological polar surface area (TPSA) is 106 Å². The molecule has 0 amide bonds. The van der Waals surface area contributed by atoms with E-state index in [9.17, 15) is 20.0 Å². The molecule has 0 saturated carbocycles. The summed E-state index contributed by atoms with van der Waals surface area (Å²) in [5, 5.41) is 20.3. The van der Waals surface area contributed by atoms with Crippen LogP contribution in [-0.4, -0.2) is 26.0 Å². The van der Waals surface area contributed by atoms with E-state index in [2.05, 4.69) is 9.97 Å². The Morgan fingerprint density at radius 1 is 1.00 bits per heavy atom. The van der Waals surface area contributed by atoms with Gasteiger partial charge in [0, 0.05) is 23.3 Å². The number of hydrogen-bond acceptors (Lipinski definition) is 5. The molecule has 124 valence electrons. The highest BCUT2D eigenvalue weighted by Gasteiger charge is 2.20. The van der Waals surface area contributed by atoms with Gasteiger partial charge < -0.3 is 5.11 Å². The number of hydrogen-bond donors (Lipinski definition) is 1. The minimum Gasteiger partial charge on any atom is -0.478 e. The predicted octanol–water partition coefficient (Wildman–Crippen LogP) is 3.73. The molecule has 0 saturated heterocycles. The summed E-state index contributed by atoms with van der Waals surface area (Å²) in [7, 11) is 0. The normalized spacial score (nSPS) is 10.4. The lowest BCUT2D eigenvalue weighted by atomic mass is 10.0. The molecule has 0 radical (unpaired) electrons. The minimum absolute atomic E-state index is 0.0199. The molecule has 0 spiro atoms. The first-order valence-electron chi connectivity index (χ1n) is 7.39. The van der Waals surface area contributed by atoms with Crippen molar-refractivity contribution in [2.75, 3.05) is 0 Å². The zero-order valence-corrected chi connectivity index (χ0v) is 13.2. The quantitative estimate of drug-likeness (QED) is 0.575. The molecular weight excluding hydrogens is 322 g/mol. The second-order valence-electron chi connectivity index (χ2n) is 5.33. The molecule has 1 N–H and O–H groups in total. The lowest BCUT2D eigenvalue weighted by molar-refractivity contribution is -0.384. The maximum Gasteiger partial charge on any atom is 0.339 e. The first kappa shape index (κ1) is 16.3. The van der Waals surface area contributed by atoms with Crippen LogP contribution in [-0.2, 0) is 0 Å². The van der Waals surface area contributed by atoms with Crippen LogP contribution in [0.3, 0.4) is 0 Å². The Balaban J connectivity index is 2.20. The Bertz CT molecular complexity index is 954. The number of carboxylic acids is 1. The van der Waals surface area contributed by atoms with Gasteiger partial charge in [0.25, 0.3) is 5.69 Å². The van der Waals surface area contributed by atoms with Crippen LogP contribution >= 0.6 is 0 Å². The van der Waals surface area contributed by atoms with E-state index >= 15 is 0 Å². The van der Waals surface area contributed by atoms with Crippen LogP contribution in [0.5, 0.6) is 0 Å². The lowest BCUT2D eigenvalue weighted by Gasteiger charge is -2.11. The van der Waals surface area contributed by atoms with E-state index in [-0.39, 0.29) is 16.9 Å². The number of rotatable bonds is 4. The first-order valence-corrected chi connectivity index (χ1v) is 7.39. The second kappa shape index (κ2) is 6.48. The van der Waals surface area contributed by atoms with E-state index < -0.39 is 10.9 Å². The van der Waals surface area contributed by atoms with Crippen LogP contribution in [0.1, 0.15) is 16.1 Å². The number of nitrogens with zero attached hydrogens (tertiary/aromatic N) is 3. The average molecular weight is 335 g/mol. The van der Waals surface area contributed by atoms with E-state index in [4.69, 9.17) is 0 Å². The molecule has 3 rings (SSSR count). The van der Waals surface area contributed by atoms with Gasteiger partial charge in [-0.05, 0) is 19.1 Å². The molecule has 2 aromatic carbocycles. The molecule has 0 fully saturated rings. The van der Waals surface area contributed by atoms with Gasteiger partial charge in [0.05, 0.1) is 16.3 Å². The highest BCUT2D eigenvalue weighted by molar-refractivity contribution is 5.96. The Morgan fingerprint density at radius 3 is 2.20 bits per heavy atom. The maximum absolute atomic E-state index is 11.7. The molecule has 0 aliphatic rings. The van der Waals surface area contributed by atoms with Crippen LogP contribution in [0.2, 0.25) is 0 Å². The molecule has 1 heterocycles. The molecule has 3 aromatic rings. The molecule has 1 aromatic heterocycles. The fourth-order valence-corrected chi connectivity index (χ4v) is 2.50. The number of carboxylic acid groups (broad SMARTS) is 1. The second-order valence-corrected chi connectivity index (χ2v) is 5.33. The van der Waals surface area contributed by atoms with Crippen molar-refractivity contribution >= 4 is 11.7 Å². The number of aromatic carboxylic acids is 1. The van der Waals surface area contributed by atoms with Gasteiger partial charge in [0.15, 0.2) is 5.82 Å². The molecule has 0 unspecified atom stereocenters. The van der Waals surface area contributed by atoms with Crippen LogP contribution in [0.25, 0.3) is 22.6 Å². The number of aryl methyl sites for hydroxylation is 1. The molecular formula is C18H13N3O4. The standard InChI is InChI=1S/C18H13N3O4/c1-11-15(18(22)23)16(12-7-9-14(10-8-12)21(24)25)20-17(19-11)13-5-3-2-4-6-13/h2-10H,1H3,(H,22,23). The fraction of sp³-hybridized carbons (Fsp3) is 0.0556. The number of aromatic nitrogens is 2. The molecule has 0 atom stereocenters. The van der Waals surface area contributed by atoms with E-state index in [0.717, 1.165) is 5.56 Å². The van der Waals surface area contributed by atoms with Crippen molar-refractivity contribution in [2.45, 2.75) is 6.92 Å². The number of nitro groups is 1. The highest BCUT2D eigenvalue weighted by atomic mass is 16.6. The lowest BCUT2D eigenvalue weighted by Crippen LogP contribution is -2.08. The summed E-state index contributed by atoms with van der Waals surface area (Å²) in [6.45, 7) is 1.60. The Kier molecular flexibility index (Phi) is 4.21. The monoisotopic (exact) mass is 335 g/mol. The van der Waals surface area contributed by atoms with E-state index in [0.29, 0.717) is 17.1 Å². The number of carbonyl (C=O) groups is 1. The molecule has 0 aliphatic carbocycles. The summed E-state index contributed by atoms with van der Waals surface area (Å²) < 4.78 is 0. The van der Waals surface area contributed by atoms with Gasteiger partial charge >= 0.3 is 5.97 Å². The Morgan fingerprint density at radius 2 is 1.64 bits per heavy atom. The van der Waals surface area contributed by atoms with Gasteiger partial charge in [-0.25, -0.2) is 14.8 Å². The summed E-state index contributed by atoms with van der Waals surface area (Å²) in [5.41, 5.74) is 1.70. The smallest absolute Gasteiger partial charge is 0.339 e. The van der Waals surface area contributed by atoms with Gasteiger partial charge in [-0.15, -0.1) is 0 Å². The van der Waals surface area contributed by atoms with Crippen molar-refractivity contribution in [2.24, 2.45) is 0 Å². The SMILES string of the molecule is Cc1nc(-c2ccccc2)nc(-c2ccc([N+](=O)[O-])cc2)c1C(=O)O. The van der Waals surface area contributed by atoms with Gasteiger partial charge in [-0.3, -0.25) is 10.1 Å². The Labute approximate surface area is 142 Å². The largest absolute Gasteiger partial charge is 0.478 e. The number of non-ortho nitro benzene ring substituents is 1. The molecule has 7 heteroatoms. The van der Waals surface area contributed by atoms with Crippen LogP contribution in [0.15, 0.2) is 54.6 Å². The van der Waals surface area contributed by atoms with Gasteiger partial charge in [0.1, 0.15) is 5.56 Å². The third-order valence-electron chi connectivity index (χ3n) is 3.69. The minimum atomic E-state index is -1.15. The zero-order chi connectivity index (χ0) is 18.0. The van der Waals surface area contributed by atoms with Gasteiger partial charge in [-0.1, -0.05) is 30.3 Å². The third-order valence-corrected chi connectivity index (χ3v) is 3.69. The highest BCUT2D eigenvalue weighted by Crippen LogP contribution is 2.28. The molecule has 25 heavy (non-hydrogen) atoms. The molecule has 0 bridgehead atoms. The first-order chi connectivity index (χ1) is 12.0. The summed E-state index contributed by atoms with van der Waals surface area (Å²) in [6.07, 6.45) is 0. The van der Waals surface area contributed by atoms with Crippen LogP contribution < -0.4 is 0 Å². The van der Waals surface area contributed by atoms with Crippen molar-refractivity contribution < 1.29 is 14.8 Å². The van der Waals surface area contributed by atoms with Crippen molar-refractivity contribution in [1.29, 1.82) is 0 Å². The zero-order valence-electron chi connectivity index (χ0n) is 13.2. The van der Waals surface area contributed by atoms with Crippen molar-refractivity contribution in [1.82, 2.24) is 9.97 Å². The van der Waals surface area contributed by atoms with Crippen molar-refractivity contribution in [3.05, 3.63) is 76.0 Å². The number of benzene rings is 2. The van der Waals surface area contributed by atoms with Gasteiger partial charge in [-0.2, -0.15) is 0 Å². The van der Waals surface area contributed by atoms with Gasteiger partial charge in [0.2, 0.25) is 0 Å². The fourth-order valence-electron chi connectivity index (χ4n) is 2.50. The van der Waals surface area contributed by atoms with Crippen molar-refractivity contribution in [3.63, 3.8) is 0 Å². The third kappa shape index (κ3) is 3.20. The van der Waals surface area contributed by atoms with Crippen molar-refractivity contribution in [3.8, 4) is 22.6 Å². The summed E-state index contributed by atoms with van der Waals surface area (Å²) in [4.78, 5) is 30.6. The average Bonchev–Trinajstić information content (AvgIpc) is 2.61. The molecule has 0 aliphatic heterocycles. The van der Waals surface area contributed by atoms with E-state index in [1.807, 2.05) is 30.3 Å². The predicted molar refractivity (Wildman–Crippen MR) is 91.3 cm³/mol. The summed E-state index contributed by atoms with van der Waals surface area (Å²) in [5.74, 6) is -0.748.